The lowest BCUT2D eigenvalue weighted by atomic mass is 10.00. The normalized spacial score (nSPS) is 10.3. The molecule has 0 aliphatic carbocycles. The number of hydrogen-bond donors (Lipinski definition) is 0. The third-order valence-electron chi connectivity index (χ3n) is 5.40. The highest BCUT2D eigenvalue weighted by Gasteiger charge is 2.15. The van der Waals surface area contributed by atoms with Crippen molar-refractivity contribution in [3.05, 3.63) is 108 Å². The summed E-state index contributed by atoms with van der Waals surface area (Å²) in [4.78, 5) is 36.3. The molecule has 0 fully saturated rings. The van der Waals surface area contributed by atoms with Gasteiger partial charge in [-0.2, -0.15) is 0 Å². The first-order chi connectivity index (χ1) is 17.5. The Kier molecular flexibility index (Phi) is 7.41. The van der Waals surface area contributed by atoms with Crippen LogP contribution in [-0.2, 0) is 9.47 Å². The van der Waals surface area contributed by atoms with Gasteiger partial charge in [-0.3, -0.25) is 0 Å². The minimum absolute atomic E-state index is 0.280. The molecule has 0 saturated heterocycles. The predicted octanol–water partition coefficient (Wildman–Crippen LogP) is 6.17. The summed E-state index contributed by atoms with van der Waals surface area (Å²) in [5, 5.41) is 0. The Morgan fingerprint density at radius 2 is 0.861 bits per heavy atom. The molecule has 4 aromatic carbocycles. The first-order valence-electron chi connectivity index (χ1n) is 11.0. The SMILES string of the molecule is COC(=O)c1ccccc1-c1ccc(OC(=O)Oc2ccc(-c3ccccc3C(=O)OC)cc2)cc1. The van der Waals surface area contributed by atoms with Gasteiger partial charge in [-0.25, -0.2) is 14.4 Å². The van der Waals surface area contributed by atoms with E-state index < -0.39 is 18.1 Å². The van der Waals surface area contributed by atoms with Crippen LogP contribution in [0, 0.1) is 0 Å². The van der Waals surface area contributed by atoms with E-state index in [2.05, 4.69) is 0 Å². The average molecular weight is 482 g/mol. The average Bonchev–Trinajstić information content (AvgIpc) is 2.93. The number of carbonyl (C=O) groups is 3. The maximum Gasteiger partial charge on any atom is 0.519 e. The standard InChI is InChI=1S/C29H22O7/c1-33-27(30)25-9-5-3-7-23(25)19-11-15-21(16-12-19)35-29(32)36-22-17-13-20(14-18-22)24-8-4-6-10-26(24)28(31)34-2/h3-18H,1-2H3. The van der Waals surface area contributed by atoms with Gasteiger partial charge in [0.15, 0.2) is 0 Å². The van der Waals surface area contributed by atoms with E-state index in [1.165, 1.54) is 14.2 Å². The highest BCUT2D eigenvalue weighted by atomic mass is 16.7. The summed E-state index contributed by atoms with van der Waals surface area (Å²) in [5.74, 6) is -0.311. The van der Waals surface area contributed by atoms with Crippen LogP contribution in [0.5, 0.6) is 11.5 Å². The molecule has 7 heteroatoms. The van der Waals surface area contributed by atoms with Crippen molar-refractivity contribution in [3.63, 3.8) is 0 Å². The van der Waals surface area contributed by atoms with Crippen LogP contribution in [0.1, 0.15) is 20.7 Å². The van der Waals surface area contributed by atoms with E-state index in [1.54, 1.807) is 72.8 Å². The van der Waals surface area contributed by atoms with Crippen molar-refractivity contribution >= 4 is 18.1 Å². The van der Waals surface area contributed by atoms with E-state index in [9.17, 15) is 14.4 Å². The molecule has 0 N–H and O–H groups in total. The summed E-state index contributed by atoms with van der Waals surface area (Å²) >= 11 is 0. The zero-order valence-electron chi connectivity index (χ0n) is 19.6. The Labute approximate surface area is 207 Å². The van der Waals surface area contributed by atoms with Crippen LogP contribution >= 0.6 is 0 Å². The van der Waals surface area contributed by atoms with Gasteiger partial charge in [0.05, 0.1) is 25.3 Å². The van der Waals surface area contributed by atoms with Crippen molar-refractivity contribution in [2.45, 2.75) is 0 Å². The molecule has 4 aromatic rings. The zero-order chi connectivity index (χ0) is 25.5. The summed E-state index contributed by atoms with van der Waals surface area (Å²) in [5.41, 5.74) is 3.80. The molecule has 0 aromatic heterocycles. The molecule has 36 heavy (non-hydrogen) atoms. The van der Waals surface area contributed by atoms with Crippen LogP contribution < -0.4 is 9.47 Å². The number of benzene rings is 4. The minimum Gasteiger partial charge on any atom is -0.465 e. The van der Waals surface area contributed by atoms with Crippen LogP contribution in [0.25, 0.3) is 22.3 Å². The van der Waals surface area contributed by atoms with Gasteiger partial charge in [0, 0.05) is 0 Å². The van der Waals surface area contributed by atoms with Gasteiger partial charge < -0.3 is 18.9 Å². The Morgan fingerprint density at radius 3 is 1.22 bits per heavy atom. The second-order valence-corrected chi connectivity index (χ2v) is 7.58. The maximum absolute atomic E-state index is 12.3. The van der Waals surface area contributed by atoms with E-state index in [0.29, 0.717) is 22.3 Å². The number of methoxy groups -OCH3 is 2. The molecule has 0 amide bonds. The van der Waals surface area contributed by atoms with Gasteiger partial charge >= 0.3 is 18.1 Å². The van der Waals surface area contributed by atoms with Crippen LogP contribution in [0.3, 0.4) is 0 Å². The molecule has 0 saturated carbocycles. The quantitative estimate of drug-likeness (QED) is 0.240. The lowest BCUT2D eigenvalue weighted by molar-refractivity contribution is 0.0592. The Hall–Kier alpha value is -4.91. The number of hydrogen-bond acceptors (Lipinski definition) is 7. The van der Waals surface area contributed by atoms with Crippen molar-refractivity contribution < 1.29 is 33.3 Å². The number of carbonyl (C=O) groups excluding carboxylic acids is 3. The molecule has 4 rings (SSSR count). The van der Waals surface area contributed by atoms with Gasteiger partial charge in [-0.05, 0) is 58.7 Å². The van der Waals surface area contributed by atoms with Gasteiger partial charge in [-0.15, -0.1) is 0 Å². The Balaban J connectivity index is 1.43. The molecule has 0 aliphatic heterocycles. The lowest BCUT2D eigenvalue weighted by Gasteiger charge is -2.10. The van der Waals surface area contributed by atoms with Crippen LogP contribution in [0.15, 0.2) is 97.1 Å². The van der Waals surface area contributed by atoms with Crippen molar-refractivity contribution in [1.82, 2.24) is 0 Å². The van der Waals surface area contributed by atoms with Crippen LogP contribution in [0.2, 0.25) is 0 Å². The van der Waals surface area contributed by atoms with Gasteiger partial charge in [0.2, 0.25) is 0 Å². The summed E-state index contributed by atoms with van der Waals surface area (Å²) in [6.45, 7) is 0. The molecule has 0 heterocycles. The van der Waals surface area contributed by atoms with Gasteiger partial charge in [0.1, 0.15) is 11.5 Å². The largest absolute Gasteiger partial charge is 0.519 e. The number of rotatable bonds is 6. The molecule has 0 spiro atoms. The summed E-state index contributed by atoms with van der Waals surface area (Å²) in [7, 11) is 2.66. The Bertz CT molecular complexity index is 1280. The molecule has 0 bridgehead atoms. The maximum atomic E-state index is 12.3. The number of ether oxygens (including phenoxy) is 4. The fourth-order valence-corrected chi connectivity index (χ4v) is 3.66. The summed E-state index contributed by atoms with van der Waals surface area (Å²) in [6, 6.07) is 27.5. The molecule has 0 radical (unpaired) electrons. The van der Waals surface area contributed by atoms with E-state index in [1.807, 2.05) is 24.3 Å². The second kappa shape index (κ2) is 11.0. The van der Waals surface area contributed by atoms with Crippen molar-refractivity contribution in [3.8, 4) is 33.8 Å². The van der Waals surface area contributed by atoms with E-state index >= 15 is 0 Å². The van der Waals surface area contributed by atoms with Gasteiger partial charge in [-0.1, -0.05) is 60.7 Å². The van der Waals surface area contributed by atoms with E-state index in [0.717, 1.165) is 11.1 Å². The fraction of sp³-hybridized carbons (Fsp3) is 0.0690. The van der Waals surface area contributed by atoms with E-state index in [-0.39, 0.29) is 11.5 Å². The monoisotopic (exact) mass is 482 g/mol. The molecular formula is C29H22O7. The van der Waals surface area contributed by atoms with Crippen molar-refractivity contribution in [2.24, 2.45) is 0 Å². The minimum atomic E-state index is -0.902. The third kappa shape index (κ3) is 5.42. The highest BCUT2D eigenvalue weighted by Crippen LogP contribution is 2.28. The predicted molar refractivity (Wildman–Crippen MR) is 133 cm³/mol. The first-order valence-corrected chi connectivity index (χ1v) is 11.0. The smallest absolute Gasteiger partial charge is 0.465 e. The molecule has 0 unspecified atom stereocenters. The fourth-order valence-electron chi connectivity index (χ4n) is 3.66. The Morgan fingerprint density at radius 1 is 0.500 bits per heavy atom. The first kappa shape index (κ1) is 24.2. The van der Waals surface area contributed by atoms with Crippen LogP contribution in [0.4, 0.5) is 4.79 Å². The van der Waals surface area contributed by atoms with Gasteiger partial charge in [0.25, 0.3) is 0 Å². The molecule has 7 nitrogen and oxygen atoms in total. The highest BCUT2D eigenvalue weighted by molar-refractivity contribution is 5.98. The number of esters is 2. The molecule has 180 valence electrons. The van der Waals surface area contributed by atoms with Crippen molar-refractivity contribution in [1.29, 1.82) is 0 Å². The molecular weight excluding hydrogens is 460 g/mol. The van der Waals surface area contributed by atoms with E-state index in [4.69, 9.17) is 18.9 Å². The van der Waals surface area contributed by atoms with Crippen molar-refractivity contribution in [2.75, 3.05) is 14.2 Å². The third-order valence-corrected chi connectivity index (χ3v) is 5.40. The summed E-state index contributed by atoms with van der Waals surface area (Å²) in [6.07, 6.45) is -0.902. The van der Waals surface area contributed by atoms with Crippen LogP contribution in [-0.4, -0.2) is 32.3 Å². The topological polar surface area (TPSA) is 88.1 Å². The molecule has 0 aliphatic rings. The lowest BCUT2D eigenvalue weighted by Crippen LogP contribution is -2.13. The molecule has 0 atom stereocenters. The second-order valence-electron chi connectivity index (χ2n) is 7.58. The zero-order valence-corrected chi connectivity index (χ0v) is 19.6. The summed E-state index contributed by atoms with van der Waals surface area (Å²) < 4.78 is 20.2.